The highest BCUT2D eigenvalue weighted by molar-refractivity contribution is 6.05. The van der Waals surface area contributed by atoms with E-state index in [-0.39, 0.29) is 17.5 Å². The van der Waals surface area contributed by atoms with Crippen LogP contribution >= 0.6 is 0 Å². The second-order valence-electron chi connectivity index (χ2n) is 7.13. The van der Waals surface area contributed by atoms with Crippen LogP contribution in [0.25, 0.3) is 6.08 Å². The zero-order chi connectivity index (χ0) is 19.9. The van der Waals surface area contributed by atoms with Crippen LogP contribution in [-0.4, -0.2) is 36.9 Å². The van der Waals surface area contributed by atoms with Crippen molar-refractivity contribution in [2.75, 3.05) is 20.2 Å². The van der Waals surface area contributed by atoms with Crippen molar-refractivity contribution in [1.82, 2.24) is 10.2 Å². The molecule has 1 N–H and O–H groups in total. The lowest BCUT2D eigenvalue weighted by molar-refractivity contribution is -0.128. The van der Waals surface area contributed by atoms with Crippen LogP contribution in [0.5, 0.6) is 5.75 Å². The number of benzene rings is 2. The van der Waals surface area contributed by atoms with Gasteiger partial charge in [0, 0.05) is 18.7 Å². The molecule has 3 rings (SSSR count). The Morgan fingerprint density at radius 3 is 2.29 bits per heavy atom. The van der Waals surface area contributed by atoms with Crippen LogP contribution in [0.15, 0.2) is 60.3 Å². The molecule has 5 nitrogen and oxygen atoms in total. The molecule has 1 aliphatic rings. The van der Waals surface area contributed by atoms with Gasteiger partial charge in [-0.05, 0) is 54.7 Å². The maximum absolute atomic E-state index is 13.1. The van der Waals surface area contributed by atoms with Crippen LogP contribution in [0.1, 0.15) is 35.7 Å². The average molecular weight is 378 g/mol. The summed E-state index contributed by atoms with van der Waals surface area (Å²) in [7, 11) is 1.61. The molecular formula is C23H26N2O3. The van der Waals surface area contributed by atoms with Gasteiger partial charge >= 0.3 is 0 Å². The molecule has 0 aromatic heterocycles. The molecular weight excluding hydrogens is 352 g/mol. The second-order valence-corrected chi connectivity index (χ2v) is 7.13. The van der Waals surface area contributed by atoms with E-state index < -0.39 is 0 Å². The predicted octanol–water partition coefficient (Wildman–Crippen LogP) is 3.72. The van der Waals surface area contributed by atoms with Crippen LogP contribution in [0.4, 0.5) is 0 Å². The van der Waals surface area contributed by atoms with Gasteiger partial charge in [0.15, 0.2) is 0 Å². The molecule has 0 radical (unpaired) electrons. The zero-order valence-electron chi connectivity index (χ0n) is 16.4. The smallest absolute Gasteiger partial charge is 0.270 e. The van der Waals surface area contributed by atoms with E-state index in [0.717, 1.165) is 24.2 Å². The molecule has 28 heavy (non-hydrogen) atoms. The molecule has 2 aromatic rings. The number of hydrogen-bond acceptors (Lipinski definition) is 3. The molecule has 146 valence electrons. The Labute approximate surface area is 166 Å². The van der Waals surface area contributed by atoms with Gasteiger partial charge in [-0.1, -0.05) is 37.3 Å². The summed E-state index contributed by atoms with van der Waals surface area (Å²) >= 11 is 0. The number of piperidine rings is 1. The number of hydrogen-bond donors (Lipinski definition) is 1. The number of amides is 2. The average Bonchev–Trinajstić information content (AvgIpc) is 2.74. The molecule has 1 aliphatic heterocycles. The van der Waals surface area contributed by atoms with Crippen molar-refractivity contribution in [3.63, 3.8) is 0 Å². The number of nitrogens with one attached hydrogen (secondary N) is 1. The third kappa shape index (κ3) is 5.00. The molecule has 5 heteroatoms. The maximum atomic E-state index is 13.1. The van der Waals surface area contributed by atoms with Crippen LogP contribution in [0.3, 0.4) is 0 Å². The van der Waals surface area contributed by atoms with E-state index in [1.807, 2.05) is 35.2 Å². The van der Waals surface area contributed by atoms with E-state index in [2.05, 4.69) is 12.2 Å². The summed E-state index contributed by atoms with van der Waals surface area (Å²) in [6.45, 7) is 3.62. The molecule has 0 spiro atoms. The van der Waals surface area contributed by atoms with E-state index in [9.17, 15) is 9.59 Å². The van der Waals surface area contributed by atoms with Crippen molar-refractivity contribution in [3.8, 4) is 5.75 Å². The summed E-state index contributed by atoms with van der Waals surface area (Å²) < 4.78 is 5.18. The van der Waals surface area contributed by atoms with Crippen molar-refractivity contribution in [3.05, 3.63) is 71.4 Å². The molecule has 2 amide bonds. The van der Waals surface area contributed by atoms with Gasteiger partial charge in [-0.3, -0.25) is 9.59 Å². The highest BCUT2D eigenvalue weighted by atomic mass is 16.5. The Hall–Kier alpha value is -3.08. The van der Waals surface area contributed by atoms with E-state index in [1.165, 1.54) is 0 Å². The largest absolute Gasteiger partial charge is 0.497 e. The van der Waals surface area contributed by atoms with E-state index in [0.29, 0.717) is 24.6 Å². The van der Waals surface area contributed by atoms with Gasteiger partial charge < -0.3 is 15.0 Å². The fourth-order valence-corrected chi connectivity index (χ4v) is 3.18. The topological polar surface area (TPSA) is 58.6 Å². The molecule has 0 aliphatic carbocycles. The Morgan fingerprint density at radius 1 is 1.04 bits per heavy atom. The fourth-order valence-electron chi connectivity index (χ4n) is 3.18. The molecule has 1 saturated heterocycles. The Balaban J connectivity index is 1.85. The normalized spacial score (nSPS) is 15.2. The second kappa shape index (κ2) is 9.22. The van der Waals surface area contributed by atoms with Crippen LogP contribution in [0, 0.1) is 5.92 Å². The van der Waals surface area contributed by atoms with Crippen molar-refractivity contribution >= 4 is 17.9 Å². The van der Waals surface area contributed by atoms with Gasteiger partial charge in [0.2, 0.25) is 0 Å². The summed E-state index contributed by atoms with van der Waals surface area (Å²) in [4.78, 5) is 27.6. The Kier molecular flexibility index (Phi) is 6.48. The minimum Gasteiger partial charge on any atom is -0.497 e. The first-order valence-electron chi connectivity index (χ1n) is 9.58. The van der Waals surface area contributed by atoms with Crippen LogP contribution in [-0.2, 0) is 4.79 Å². The van der Waals surface area contributed by atoms with Gasteiger partial charge in [0.05, 0.1) is 7.11 Å². The van der Waals surface area contributed by atoms with Gasteiger partial charge in [-0.2, -0.15) is 0 Å². The van der Waals surface area contributed by atoms with E-state index in [1.54, 1.807) is 37.5 Å². The van der Waals surface area contributed by atoms with Gasteiger partial charge in [-0.25, -0.2) is 0 Å². The number of rotatable bonds is 5. The third-order valence-corrected chi connectivity index (χ3v) is 5.01. The summed E-state index contributed by atoms with van der Waals surface area (Å²) in [5, 5.41) is 2.82. The Bertz CT molecular complexity index is 836. The van der Waals surface area contributed by atoms with Crippen molar-refractivity contribution in [1.29, 1.82) is 0 Å². The quantitative estimate of drug-likeness (QED) is 0.807. The third-order valence-electron chi connectivity index (χ3n) is 5.01. The first-order chi connectivity index (χ1) is 13.6. The first-order valence-corrected chi connectivity index (χ1v) is 9.58. The summed E-state index contributed by atoms with van der Waals surface area (Å²) in [6, 6.07) is 16.3. The lowest BCUT2D eigenvalue weighted by Crippen LogP contribution is -2.42. The minimum absolute atomic E-state index is 0.146. The van der Waals surface area contributed by atoms with Gasteiger partial charge in [0.1, 0.15) is 11.4 Å². The Morgan fingerprint density at radius 2 is 1.68 bits per heavy atom. The summed E-state index contributed by atoms with van der Waals surface area (Å²) in [5.41, 5.74) is 1.62. The van der Waals surface area contributed by atoms with Crippen molar-refractivity contribution < 1.29 is 14.3 Å². The number of methoxy groups -OCH3 is 1. The predicted molar refractivity (Wildman–Crippen MR) is 110 cm³/mol. The number of likely N-dealkylation sites (tertiary alicyclic amines) is 1. The lowest BCUT2D eigenvalue weighted by atomic mass is 9.99. The molecule has 2 aromatic carbocycles. The van der Waals surface area contributed by atoms with Crippen molar-refractivity contribution in [2.24, 2.45) is 5.92 Å². The first kappa shape index (κ1) is 19.7. The van der Waals surface area contributed by atoms with Gasteiger partial charge in [-0.15, -0.1) is 0 Å². The standard InChI is InChI=1S/C23H26N2O3/c1-17-12-14-25(15-13-17)23(27)21(16-18-8-10-20(28-2)11-9-18)24-22(26)19-6-4-3-5-7-19/h3-11,16-17H,12-15H2,1-2H3,(H,24,26)/b21-16-. The zero-order valence-corrected chi connectivity index (χ0v) is 16.4. The van der Waals surface area contributed by atoms with E-state index in [4.69, 9.17) is 4.74 Å². The van der Waals surface area contributed by atoms with Crippen LogP contribution in [0.2, 0.25) is 0 Å². The molecule has 0 bridgehead atoms. The molecule has 0 saturated carbocycles. The molecule has 1 fully saturated rings. The molecule has 0 unspecified atom stereocenters. The monoisotopic (exact) mass is 378 g/mol. The highest BCUT2D eigenvalue weighted by Gasteiger charge is 2.24. The SMILES string of the molecule is COc1ccc(/C=C(\NC(=O)c2ccccc2)C(=O)N2CCC(C)CC2)cc1. The number of ether oxygens (including phenoxy) is 1. The maximum Gasteiger partial charge on any atom is 0.270 e. The number of carbonyl (C=O) groups is 2. The summed E-state index contributed by atoms with van der Waals surface area (Å²) in [6.07, 6.45) is 3.68. The molecule has 0 atom stereocenters. The van der Waals surface area contributed by atoms with Crippen LogP contribution < -0.4 is 10.1 Å². The number of carbonyl (C=O) groups excluding carboxylic acids is 2. The number of nitrogens with zero attached hydrogens (tertiary/aromatic N) is 1. The minimum atomic E-state index is -0.293. The highest BCUT2D eigenvalue weighted by Crippen LogP contribution is 2.19. The summed E-state index contributed by atoms with van der Waals surface area (Å²) in [5.74, 6) is 0.923. The van der Waals surface area contributed by atoms with E-state index >= 15 is 0 Å². The fraction of sp³-hybridized carbons (Fsp3) is 0.304. The lowest BCUT2D eigenvalue weighted by Gasteiger charge is -2.31. The molecule has 1 heterocycles. The van der Waals surface area contributed by atoms with Gasteiger partial charge in [0.25, 0.3) is 11.8 Å². The van der Waals surface area contributed by atoms with Crippen molar-refractivity contribution in [2.45, 2.75) is 19.8 Å².